The summed E-state index contributed by atoms with van der Waals surface area (Å²) in [6.45, 7) is 4.50. The molecule has 2 aliphatic rings. The molecule has 0 bridgehead atoms. The summed E-state index contributed by atoms with van der Waals surface area (Å²) in [5.41, 5.74) is 0. The van der Waals surface area contributed by atoms with Crippen molar-refractivity contribution in [3.8, 4) is 0 Å². The van der Waals surface area contributed by atoms with Gasteiger partial charge in [0.2, 0.25) is 5.95 Å². The van der Waals surface area contributed by atoms with Gasteiger partial charge >= 0.3 is 0 Å². The van der Waals surface area contributed by atoms with Gasteiger partial charge in [0.1, 0.15) is 5.82 Å². The van der Waals surface area contributed by atoms with Crippen molar-refractivity contribution in [1.82, 2.24) is 9.97 Å². The predicted molar refractivity (Wildman–Crippen MR) is 87.8 cm³/mol. The number of aromatic nitrogens is 2. The fourth-order valence-corrected chi connectivity index (χ4v) is 3.59. The van der Waals surface area contributed by atoms with Gasteiger partial charge in [0.05, 0.1) is 0 Å². The predicted octanol–water partition coefficient (Wildman–Crippen LogP) is 3.85. The molecule has 1 aliphatic heterocycles. The smallest absolute Gasteiger partial charge is 0.227 e. The molecule has 0 amide bonds. The third-order valence-corrected chi connectivity index (χ3v) is 4.79. The average Bonchev–Trinajstić information content (AvgIpc) is 2.76. The summed E-state index contributed by atoms with van der Waals surface area (Å²) in [4.78, 5) is 11.6. The van der Waals surface area contributed by atoms with Crippen molar-refractivity contribution in [2.24, 2.45) is 5.92 Å². The third-order valence-electron chi connectivity index (χ3n) is 4.79. The van der Waals surface area contributed by atoms with E-state index < -0.39 is 0 Å². The van der Waals surface area contributed by atoms with E-state index >= 15 is 0 Å². The number of hydrogen-bond donors (Lipinski definition) is 1. The molecule has 0 spiro atoms. The van der Waals surface area contributed by atoms with Crippen LogP contribution in [0.5, 0.6) is 0 Å². The zero-order valence-corrected chi connectivity index (χ0v) is 13.2. The molecule has 0 aromatic carbocycles. The van der Waals surface area contributed by atoms with E-state index in [1.807, 2.05) is 12.3 Å². The fourth-order valence-electron chi connectivity index (χ4n) is 3.59. The molecule has 116 valence electrons. The second-order valence-electron chi connectivity index (χ2n) is 6.77. The van der Waals surface area contributed by atoms with Crippen LogP contribution >= 0.6 is 0 Å². The number of hydrogen-bond acceptors (Lipinski definition) is 4. The second kappa shape index (κ2) is 7.10. The van der Waals surface area contributed by atoms with Crippen LogP contribution in [0.1, 0.15) is 58.3 Å². The van der Waals surface area contributed by atoms with Gasteiger partial charge < -0.3 is 10.2 Å². The highest BCUT2D eigenvalue weighted by atomic mass is 15.3. The molecular formula is C17H28N4. The van der Waals surface area contributed by atoms with Gasteiger partial charge in [-0.05, 0) is 37.7 Å². The topological polar surface area (TPSA) is 41.1 Å². The molecule has 3 rings (SSSR count). The Hall–Kier alpha value is -1.32. The minimum atomic E-state index is 0.593. The van der Waals surface area contributed by atoms with Crippen LogP contribution in [0.15, 0.2) is 12.3 Å². The van der Waals surface area contributed by atoms with Crippen LogP contribution in [0.25, 0.3) is 0 Å². The lowest BCUT2D eigenvalue weighted by atomic mass is 10.0. The number of rotatable bonds is 3. The van der Waals surface area contributed by atoms with E-state index in [-0.39, 0.29) is 0 Å². The molecule has 4 nitrogen and oxygen atoms in total. The Kier molecular flexibility index (Phi) is 4.94. The Morgan fingerprint density at radius 2 is 1.90 bits per heavy atom. The summed E-state index contributed by atoms with van der Waals surface area (Å²) < 4.78 is 0. The number of piperidine rings is 1. The van der Waals surface area contributed by atoms with Crippen molar-refractivity contribution in [1.29, 1.82) is 0 Å². The highest BCUT2D eigenvalue weighted by Crippen LogP contribution is 2.23. The second-order valence-corrected chi connectivity index (χ2v) is 6.77. The lowest BCUT2D eigenvalue weighted by Crippen LogP contribution is -2.35. The molecule has 0 radical (unpaired) electrons. The summed E-state index contributed by atoms with van der Waals surface area (Å²) in [5.74, 6) is 2.66. The first-order valence-corrected chi connectivity index (χ1v) is 8.66. The zero-order chi connectivity index (χ0) is 14.5. The van der Waals surface area contributed by atoms with Crippen LogP contribution in [-0.2, 0) is 0 Å². The van der Waals surface area contributed by atoms with Gasteiger partial charge in [-0.15, -0.1) is 0 Å². The van der Waals surface area contributed by atoms with E-state index in [0.29, 0.717) is 6.04 Å². The molecule has 1 unspecified atom stereocenters. The zero-order valence-electron chi connectivity index (χ0n) is 13.2. The summed E-state index contributed by atoms with van der Waals surface area (Å²) in [7, 11) is 0. The average molecular weight is 288 g/mol. The Morgan fingerprint density at radius 1 is 1.10 bits per heavy atom. The Balaban J connectivity index is 1.64. The van der Waals surface area contributed by atoms with Gasteiger partial charge in [-0.25, -0.2) is 4.98 Å². The van der Waals surface area contributed by atoms with Gasteiger partial charge in [0, 0.05) is 25.3 Å². The first-order chi connectivity index (χ1) is 10.3. The van der Waals surface area contributed by atoms with Gasteiger partial charge in [-0.1, -0.05) is 32.6 Å². The lowest BCUT2D eigenvalue weighted by Gasteiger charge is -2.31. The molecular weight excluding hydrogens is 260 g/mol. The molecule has 1 atom stereocenters. The first kappa shape index (κ1) is 14.6. The normalized spacial score (nSPS) is 24.6. The van der Waals surface area contributed by atoms with Crippen LogP contribution in [0, 0.1) is 5.92 Å². The maximum Gasteiger partial charge on any atom is 0.227 e. The van der Waals surface area contributed by atoms with Crippen LogP contribution in [-0.4, -0.2) is 29.1 Å². The van der Waals surface area contributed by atoms with E-state index in [1.54, 1.807) is 0 Å². The van der Waals surface area contributed by atoms with Crippen molar-refractivity contribution in [3.05, 3.63) is 12.3 Å². The molecule has 1 aliphatic carbocycles. The quantitative estimate of drug-likeness (QED) is 0.858. The summed E-state index contributed by atoms with van der Waals surface area (Å²) in [5, 5.41) is 3.63. The van der Waals surface area contributed by atoms with Gasteiger partial charge in [-0.2, -0.15) is 4.98 Å². The van der Waals surface area contributed by atoms with E-state index in [2.05, 4.69) is 22.1 Å². The lowest BCUT2D eigenvalue weighted by molar-refractivity contribution is 0.442. The minimum absolute atomic E-state index is 0.593. The molecule has 1 N–H and O–H groups in total. The highest BCUT2D eigenvalue weighted by Gasteiger charge is 2.19. The van der Waals surface area contributed by atoms with Crippen LogP contribution < -0.4 is 10.2 Å². The maximum absolute atomic E-state index is 4.76. The van der Waals surface area contributed by atoms with Crippen molar-refractivity contribution >= 4 is 11.8 Å². The largest absolute Gasteiger partial charge is 0.367 e. The van der Waals surface area contributed by atoms with Crippen molar-refractivity contribution in [2.75, 3.05) is 23.3 Å². The van der Waals surface area contributed by atoms with E-state index in [9.17, 15) is 0 Å². The highest BCUT2D eigenvalue weighted by molar-refractivity contribution is 5.42. The van der Waals surface area contributed by atoms with Crippen LogP contribution in [0.4, 0.5) is 11.8 Å². The molecule has 1 saturated heterocycles. The molecule has 2 fully saturated rings. The van der Waals surface area contributed by atoms with Gasteiger partial charge in [-0.3, -0.25) is 0 Å². The molecule has 1 aromatic heterocycles. The van der Waals surface area contributed by atoms with Crippen molar-refractivity contribution < 1.29 is 0 Å². The standard InChI is InChI=1S/C17H28N4/c1-14-7-6-12-21(13-14)17-18-11-10-16(20-17)19-15-8-4-2-3-5-9-15/h10-11,14-15H,2-9,12-13H2,1H3,(H,18,19,20). The fraction of sp³-hybridized carbons (Fsp3) is 0.765. The van der Waals surface area contributed by atoms with E-state index in [0.717, 1.165) is 30.8 Å². The monoisotopic (exact) mass is 288 g/mol. The summed E-state index contributed by atoms with van der Waals surface area (Å²) in [6.07, 6.45) is 12.5. The van der Waals surface area contributed by atoms with Crippen LogP contribution in [0.3, 0.4) is 0 Å². The van der Waals surface area contributed by atoms with Gasteiger partial charge in [0.25, 0.3) is 0 Å². The molecule has 1 aromatic rings. The first-order valence-electron chi connectivity index (χ1n) is 8.66. The number of anilines is 2. The SMILES string of the molecule is CC1CCCN(c2nccc(NC3CCCCCC3)n2)C1. The summed E-state index contributed by atoms with van der Waals surface area (Å²) in [6, 6.07) is 2.61. The minimum Gasteiger partial charge on any atom is -0.367 e. The Morgan fingerprint density at radius 3 is 2.67 bits per heavy atom. The van der Waals surface area contributed by atoms with Crippen LogP contribution in [0.2, 0.25) is 0 Å². The molecule has 4 heteroatoms. The number of nitrogens with zero attached hydrogens (tertiary/aromatic N) is 3. The number of nitrogens with one attached hydrogen (secondary N) is 1. The Bertz CT molecular complexity index is 440. The Labute approximate surface area is 128 Å². The summed E-state index contributed by atoms with van der Waals surface area (Å²) >= 11 is 0. The molecule has 21 heavy (non-hydrogen) atoms. The third kappa shape index (κ3) is 4.08. The van der Waals surface area contributed by atoms with Crippen molar-refractivity contribution in [3.63, 3.8) is 0 Å². The van der Waals surface area contributed by atoms with E-state index in [1.165, 1.54) is 51.4 Å². The van der Waals surface area contributed by atoms with Crippen molar-refractivity contribution in [2.45, 2.75) is 64.3 Å². The van der Waals surface area contributed by atoms with Gasteiger partial charge in [0.15, 0.2) is 0 Å². The molecule has 2 heterocycles. The van der Waals surface area contributed by atoms with E-state index in [4.69, 9.17) is 4.98 Å². The molecule has 1 saturated carbocycles. The maximum atomic E-state index is 4.76.